The van der Waals surface area contributed by atoms with Crippen LogP contribution in [0.2, 0.25) is 5.02 Å². The van der Waals surface area contributed by atoms with Crippen LogP contribution in [-0.2, 0) is 0 Å². The Labute approximate surface area is 230 Å². The van der Waals surface area contributed by atoms with Crippen LogP contribution in [0.5, 0.6) is 0 Å². The predicted octanol–water partition coefficient (Wildman–Crippen LogP) is 5.87. The second-order valence-corrected chi connectivity index (χ2v) is 11.2. The molecular formula is C27H28ClF3N8. The van der Waals surface area contributed by atoms with Gasteiger partial charge < -0.3 is 16.1 Å². The van der Waals surface area contributed by atoms with Gasteiger partial charge in [-0.15, -0.1) is 5.53 Å². The lowest BCUT2D eigenvalue weighted by molar-refractivity contribution is 0.00911. The number of hydrogen-bond donors (Lipinski definition) is 4. The maximum Gasteiger partial charge on any atom is 0.262 e. The Hall–Kier alpha value is -3.75. The normalized spacial score (nSPS) is 18.2. The van der Waals surface area contributed by atoms with Crippen molar-refractivity contribution >= 4 is 33.9 Å². The van der Waals surface area contributed by atoms with Crippen molar-refractivity contribution in [1.82, 2.24) is 25.9 Å². The average molecular weight is 558 g/mol. The summed E-state index contributed by atoms with van der Waals surface area (Å²) in [5.41, 5.74) is 5.45. The number of nitrogens with one attached hydrogen (secondary N) is 4. The Kier molecular flexibility index (Phi) is 6.61. The van der Waals surface area contributed by atoms with Crippen LogP contribution in [0.15, 0.2) is 48.6 Å². The minimum Gasteiger partial charge on any atom is -0.383 e. The summed E-state index contributed by atoms with van der Waals surface area (Å²) in [5.74, 6) is -0.908. The van der Waals surface area contributed by atoms with Gasteiger partial charge in [0.1, 0.15) is 11.6 Å². The first-order chi connectivity index (χ1) is 18.9. The second kappa shape index (κ2) is 10.1. The van der Waals surface area contributed by atoms with Crippen LogP contribution in [0.25, 0.3) is 10.9 Å². The molecule has 39 heavy (non-hydrogen) atoms. The molecule has 1 saturated carbocycles. The number of nitrogens with zero attached hydrogens (tertiary/aromatic N) is 4. The zero-order chi connectivity index (χ0) is 28.9. The SMILES string of the molecule is [2H][C@](Nc1cc(Cl)c2ncc(C#N)c(NCC(C)(C)C)c2c1)(C1=CN(C2(C(F)F)CC2)NN1)c1cccnc1F. The highest BCUT2D eigenvalue weighted by atomic mass is 35.5. The van der Waals surface area contributed by atoms with Crippen LogP contribution in [0.3, 0.4) is 0 Å². The van der Waals surface area contributed by atoms with E-state index in [4.69, 9.17) is 11.6 Å². The van der Waals surface area contributed by atoms with Crippen LogP contribution < -0.4 is 21.6 Å². The van der Waals surface area contributed by atoms with E-state index in [2.05, 4.69) is 37.6 Å². The van der Waals surface area contributed by atoms with Gasteiger partial charge in [0.15, 0.2) is 0 Å². The maximum atomic E-state index is 15.1. The van der Waals surface area contributed by atoms with Crippen molar-refractivity contribution in [2.24, 2.45) is 5.41 Å². The highest BCUT2D eigenvalue weighted by molar-refractivity contribution is 6.35. The zero-order valence-corrected chi connectivity index (χ0v) is 22.3. The molecule has 1 aliphatic heterocycles. The van der Waals surface area contributed by atoms with Gasteiger partial charge in [0.25, 0.3) is 6.43 Å². The highest BCUT2D eigenvalue weighted by Crippen LogP contribution is 2.47. The van der Waals surface area contributed by atoms with Crippen LogP contribution >= 0.6 is 11.6 Å². The van der Waals surface area contributed by atoms with Crippen molar-refractivity contribution in [1.29, 1.82) is 5.26 Å². The maximum absolute atomic E-state index is 15.1. The van der Waals surface area contributed by atoms with Crippen molar-refractivity contribution < 1.29 is 14.5 Å². The molecule has 1 aliphatic carbocycles. The van der Waals surface area contributed by atoms with Gasteiger partial charge in [0.2, 0.25) is 5.95 Å². The molecule has 12 heteroatoms. The molecule has 2 aromatic heterocycles. The smallest absolute Gasteiger partial charge is 0.262 e. The molecule has 0 amide bonds. The van der Waals surface area contributed by atoms with Gasteiger partial charge in [-0.25, -0.2) is 13.8 Å². The Balaban J connectivity index is 1.61. The van der Waals surface area contributed by atoms with E-state index in [1.165, 1.54) is 41.8 Å². The van der Waals surface area contributed by atoms with E-state index in [0.29, 0.717) is 34.4 Å². The largest absolute Gasteiger partial charge is 0.383 e. The molecule has 0 saturated heterocycles. The first kappa shape index (κ1) is 25.5. The molecule has 0 bridgehead atoms. The fraction of sp³-hybridized carbons (Fsp3) is 0.370. The molecule has 1 fully saturated rings. The van der Waals surface area contributed by atoms with Gasteiger partial charge >= 0.3 is 0 Å². The van der Waals surface area contributed by atoms with E-state index in [0.717, 1.165) is 0 Å². The molecule has 204 valence electrons. The molecule has 8 nitrogen and oxygen atoms in total. The molecule has 3 aromatic rings. The Morgan fingerprint density at radius 1 is 1.31 bits per heavy atom. The number of rotatable bonds is 8. The Bertz CT molecular complexity index is 1530. The second-order valence-electron chi connectivity index (χ2n) is 10.8. The number of benzene rings is 1. The van der Waals surface area contributed by atoms with Crippen molar-refractivity contribution in [3.8, 4) is 6.07 Å². The Morgan fingerprint density at radius 3 is 2.72 bits per heavy atom. The van der Waals surface area contributed by atoms with Crippen molar-refractivity contribution in [2.45, 2.75) is 51.6 Å². The van der Waals surface area contributed by atoms with E-state index in [1.54, 1.807) is 6.07 Å². The topological polar surface area (TPSA) is 101 Å². The molecular weight excluding hydrogens is 529 g/mol. The predicted molar refractivity (Wildman–Crippen MR) is 144 cm³/mol. The quantitative estimate of drug-likeness (QED) is 0.255. The number of fused-ring (bicyclic) bond motifs is 1. The Morgan fingerprint density at radius 2 is 2.08 bits per heavy atom. The van der Waals surface area contributed by atoms with Gasteiger partial charge in [0, 0.05) is 41.8 Å². The van der Waals surface area contributed by atoms with Gasteiger partial charge in [-0.2, -0.15) is 9.65 Å². The lowest BCUT2D eigenvalue weighted by Crippen LogP contribution is -2.48. The fourth-order valence-electron chi connectivity index (χ4n) is 4.33. The van der Waals surface area contributed by atoms with Crippen LogP contribution in [0.4, 0.5) is 24.5 Å². The molecule has 5 rings (SSSR count). The van der Waals surface area contributed by atoms with Crippen molar-refractivity contribution in [2.75, 3.05) is 17.2 Å². The molecule has 0 spiro atoms. The lowest BCUT2D eigenvalue weighted by atomic mass is 9.96. The molecule has 4 N–H and O–H groups in total. The number of aromatic nitrogens is 2. The van der Waals surface area contributed by atoms with Gasteiger partial charge in [-0.3, -0.25) is 9.99 Å². The summed E-state index contributed by atoms with van der Waals surface area (Å²) in [5, 5.41) is 18.1. The number of alkyl halides is 2. The van der Waals surface area contributed by atoms with Gasteiger partial charge in [0.05, 0.1) is 34.9 Å². The third-order valence-corrected chi connectivity index (χ3v) is 6.91. The standard InChI is InChI=1S/C27H28ClF3N8/c1-26(2,3)14-35-21-15(11-32)12-34-22-18(21)9-16(10-19(22)28)36-23(17-5-4-8-33-24(17)29)20-13-39(38-37-20)27(6-7-27)25(30)31/h4-5,8-10,12-13,23,25,36-38H,6-7,14H2,1-3H3,(H,34,35)/t23-/m1/s1/i23D. The number of hydrazine groups is 2. The van der Waals surface area contributed by atoms with E-state index < -0.39 is 23.9 Å². The molecule has 0 radical (unpaired) electrons. The van der Waals surface area contributed by atoms with Gasteiger partial charge in [-0.05, 0) is 36.5 Å². The van der Waals surface area contributed by atoms with E-state index in [-0.39, 0.29) is 34.5 Å². The third kappa shape index (κ3) is 5.27. The summed E-state index contributed by atoms with van der Waals surface area (Å²) in [6, 6.07) is 6.18. The summed E-state index contributed by atoms with van der Waals surface area (Å²) in [6.07, 6.45) is 1.95. The monoisotopic (exact) mass is 557 g/mol. The number of anilines is 2. The van der Waals surface area contributed by atoms with E-state index >= 15 is 4.39 Å². The number of pyridine rings is 2. The van der Waals surface area contributed by atoms with E-state index in [9.17, 15) is 15.4 Å². The first-order valence-electron chi connectivity index (χ1n) is 12.8. The fourth-order valence-corrected chi connectivity index (χ4v) is 4.60. The summed E-state index contributed by atoms with van der Waals surface area (Å²) >= 11 is 6.62. The summed E-state index contributed by atoms with van der Waals surface area (Å²) < 4.78 is 52.1. The van der Waals surface area contributed by atoms with Crippen molar-refractivity contribution in [3.63, 3.8) is 0 Å². The van der Waals surface area contributed by atoms with Crippen LogP contribution in [-0.4, -0.2) is 33.5 Å². The molecule has 3 heterocycles. The number of hydrogen-bond acceptors (Lipinski definition) is 8. The summed E-state index contributed by atoms with van der Waals surface area (Å²) in [4.78, 5) is 8.05. The average Bonchev–Trinajstić information content (AvgIpc) is 3.56. The number of halogens is 4. The highest BCUT2D eigenvalue weighted by Gasteiger charge is 2.56. The van der Waals surface area contributed by atoms with Crippen molar-refractivity contribution in [3.05, 3.63) is 70.7 Å². The molecule has 1 atom stereocenters. The molecule has 2 aliphatic rings. The molecule has 1 aromatic carbocycles. The first-order valence-corrected chi connectivity index (χ1v) is 12.7. The van der Waals surface area contributed by atoms with Crippen LogP contribution in [0.1, 0.15) is 52.1 Å². The summed E-state index contributed by atoms with van der Waals surface area (Å²) in [6.45, 7) is 6.69. The minimum atomic E-state index is -2.62. The van der Waals surface area contributed by atoms with Crippen LogP contribution in [0, 0.1) is 22.7 Å². The zero-order valence-electron chi connectivity index (χ0n) is 22.5. The van der Waals surface area contributed by atoms with Gasteiger partial charge in [-0.1, -0.05) is 38.4 Å². The minimum absolute atomic E-state index is 0.0672. The molecule has 0 unspecified atom stereocenters. The van der Waals surface area contributed by atoms with E-state index in [1.807, 2.05) is 20.8 Å². The number of nitriles is 1. The third-order valence-electron chi connectivity index (χ3n) is 6.63. The lowest BCUT2D eigenvalue weighted by Gasteiger charge is -2.25. The summed E-state index contributed by atoms with van der Waals surface area (Å²) in [7, 11) is 0.